The molecule has 128 valence electrons. The van der Waals surface area contributed by atoms with Gasteiger partial charge in [0.1, 0.15) is 11.4 Å². The number of urea groups is 1. The molecule has 0 aromatic heterocycles. The Morgan fingerprint density at radius 2 is 2.00 bits per heavy atom. The number of methoxy groups -OCH3 is 1. The maximum Gasteiger partial charge on any atom is 0.329 e. The van der Waals surface area contributed by atoms with E-state index in [1.54, 1.807) is 13.2 Å². The summed E-state index contributed by atoms with van der Waals surface area (Å²) in [6.07, 6.45) is 4.84. The third kappa shape index (κ3) is 3.09. The van der Waals surface area contributed by atoms with Crippen molar-refractivity contribution in [2.45, 2.75) is 26.2 Å². The predicted octanol–water partition coefficient (Wildman–Crippen LogP) is 2.60. The number of benzene rings is 1. The molecule has 1 aromatic rings. The normalized spacial score (nSPS) is 19.3. The Morgan fingerprint density at radius 3 is 2.67 bits per heavy atom. The summed E-state index contributed by atoms with van der Waals surface area (Å²) in [6, 6.07) is 5.59. The molecule has 6 heteroatoms. The van der Waals surface area contributed by atoms with Gasteiger partial charge >= 0.3 is 6.03 Å². The van der Waals surface area contributed by atoms with Crippen LogP contribution in [0.3, 0.4) is 0 Å². The number of carbonyl (C=O) groups excluding carboxylic acids is 2. The van der Waals surface area contributed by atoms with E-state index in [1.165, 1.54) is 17.7 Å². The van der Waals surface area contributed by atoms with Crippen LogP contribution in [-0.2, 0) is 4.79 Å². The van der Waals surface area contributed by atoms with E-state index in [9.17, 15) is 9.59 Å². The number of amides is 3. The fourth-order valence-corrected chi connectivity index (χ4v) is 3.14. The molecule has 3 rings (SSSR count). The first-order valence-electron chi connectivity index (χ1n) is 8.41. The molecule has 0 aliphatic carbocycles. The van der Waals surface area contributed by atoms with Gasteiger partial charge in [-0.2, -0.15) is 0 Å². The zero-order valence-electron chi connectivity index (χ0n) is 14.2. The third-order valence-electron chi connectivity index (χ3n) is 4.40. The molecule has 1 aromatic carbocycles. The van der Waals surface area contributed by atoms with E-state index < -0.39 is 0 Å². The van der Waals surface area contributed by atoms with Crippen molar-refractivity contribution in [1.82, 2.24) is 10.2 Å². The van der Waals surface area contributed by atoms with Crippen molar-refractivity contribution in [3.63, 3.8) is 0 Å². The van der Waals surface area contributed by atoms with Gasteiger partial charge in [-0.15, -0.1) is 0 Å². The SMILES string of the molecule is CCCN1C(=O)N/C(=C/c2ccc(N3CCCC3)cc2OC)C1=O. The summed E-state index contributed by atoms with van der Waals surface area (Å²) in [5, 5.41) is 2.64. The van der Waals surface area contributed by atoms with Crippen molar-refractivity contribution in [3.05, 3.63) is 29.5 Å². The zero-order chi connectivity index (χ0) is 17.1. The van der Waals surface area contributed by atoms with Gasteiger partial charge in [-0.1, -0.05) is 6.92 Å². The first-order valence-corrected chi connectivity index (χ1v) is 8.41. The van der Waals surface area contributed by atoms with Gasteiger partial charge in [0, 0.05) is 37.0 Å². The molecule has 2 fully saturated rings. The maximum atomic E-state index is 12.3. The summed E-state index contributed by atoms with van der Waals surface area (Å²) in [4.78, 5) is 27.7. The molecular weight excluding hydrogens is 306 g/mol. The van der Waals surface area contributed by atoms with Crippen molar-refractivity contribution in [1.29, 1.82) is 0 Å². The van der Waals surface area contributed by atoms with Crippen LogP contribution in [0.4, 0.5) is 10.5 Å². The molecule has 0 spiro atoms. The largest absolute Gasteiger partial charge is 0.496 e. The van der Waals surface area contributed by atoms with Crippen molar-refractivity contribution in [3.8, 4) is 5.75 Å². The number of carbonyl (C=O) groups is 2. The summed E-state index contributed by atoms with van der Waals surface area (Å²) < 4.78 is 5.48. The molecule has 0 unspecified atom stereocenters. The molecule has 2 saturated heterocycles. The Labute approximate surface area is 142 Å². The molecule has 3 amide bonds. The molecule has 0 bridgehead atoms. The number of ether oxygens (including phenoxy) is 1. The lowest BCUT2D eigenvalue weighted by Gasteiger charge is -2.19. The molecule has 2 aliphatic rings. The predicted molar refractivity (Wildman–Crippen MR) is 93.0 cm³/mol. The Morgan fingerprint density at radius 1 is 1.25 bits per heavy atom. The Kier molecular flexibility index (Phi) is 4.74. The Bertz CT molecular complexity index is 678. The van der Waals surface area contributed by atoms with Gasteiger partial charge < -0.3 is 15.0 Å². The van der Waals surface area contributed by atoms with E-state index in [0.717, 1.165) is 30.8 Å². The molecule has 2 heterocycles. The number of nitrogens with one attached hydrogen (secondary N) is 1. The van der Waals surface area contributed by atoms with Crippen LogP contribution in [0.15, 0.2) is 23.9 Å². The van der Waals surface area contributed by atoms with Crippen LogP contribution in [0.25, 0.3) is 6.08 Å². The van der Waals surface area contributed by atoms with Crippen LogP contribution in [0.1, 0.15) is 31.7 Å². The fraction of sp³-hybridized carbons (Fsp3) is 0.444. The topological polar surface area (TPSA) is 61.9 Å². The Balaban J connectivity index is 1.86. The molecule has 0 radical (unpaired) electrons. The molecule has 2 aliphatic heterocycles. The number of nitrogens with zero attached hydrogens (tertiary/aromatic N) is 2. The highest BCUT2D eigenvalue weighted by molar-refractivity contribution is 6.14. The lowest BCUT2D eigenvalue weighted by molar-refractivity contribution is -0.122. The Hall–Kier alpha value is -2.50. The van der Waals surface area contributed by atoms with Crippen LogP contribution in [0.2, 0.25) is 0 Å². The second-order valence-electron chi connectivity index (χ2n) is 6.07. The van der Waals surface area contributed by atoms with Gasteiger partial charge in [0.15, 0.2) is 0 Å². The molecule has 0 saturated carbocycles. The maximum absolute atomic E-state index is 12.3. The lowest BCUT2D eigenvalue weighted by atomic mass is 10.1. The molecule has 0 atom stereocenters. The van der Waals surface area contributed by atoms with Crippen molar-refractivity contribution < 1.29 is 14.3 Å². The first-order chi connectivity index (χ1) is 11.6. The van der Waals surface area contributed by atoms with E-state index in [1.807, 2.05) is 25.1 Å². The molecule has 1 N–H and O–H groups in total. The quantitative estimate of drug-likeness (QED) is 0.666. The van der Waals surface area contributed by atoms with E-state index in [4.69, 9.17) is 4.74 Å². The molecule has 24 heavy (non-hydrogen) atoms. The van der Waals surface area contributed by atoms with Crippen LogP contribution in [-0.4, -0.2) is 43.6 Å². The summed E-state index contributed by atoms with van der Waals surface area (Å²) in [6.45, 7) is 4.48. The number of imide groups is 1. The minimum Gasteiger partial charge on any atom is -0.496 e. The molecular formula is C18H23N3O3. The first kappa shape index (κ1) is 16.4. The second-order valence-corrected chi connectivity index (χ2v) is 6.07. The van der Waals surface area contributed by atoms with Crippen LogP contribution in [0, 0.1) is 0 Å². The fourth-order valence-electron chi connectivity index (χ4n) is 3.14. The van der Waals surface area contributed by atoms with Crippen LogP contribution < -0.4 is 15.0 Å². The summed E-state index contributed by atoms with van der Waals surface area (Å²) >= 11 is 0. The highest BCUT2D eigenvalue weighted by Crippen LogP contribution is 2.29. The number of hydrogen-bond donors (Lipinski definition) is 1. The van der Waals surface area contributed by atoms with Gasteiger partial charge in [0.2, 0.25) is 0 Å². The summed E-state index contributed by atoms with van der Waals surface area (Å²) in [7, 11) is 1.61. The number of anilines is 1. The number of rotatable bonds is 5. The van der Waals surface area contributed by atoms with Gasteiger partial charge in [-0.05, 0) is 37.5 Å². The number of hydrogen-bond acceptors (Lipinski definition) is 4. The minimum absolute atomic E-state index is 0.285. The average Bonchev–Trinajstić information content (AvgIpc) is 3.20. The second kappa shape index (κ2) is 6.95. The highest BCUT2D eigenvalue weighted by Gasteiger charge is 2.32. The van der Waals surface area contributed by atoms with Gasteiger partial charge in [-0.3, -0.25) is 9.69 Å². The van der Waals surface area contributed by atoms with Gasteiger partial charge in [0.05, 0.1) is 7.11 Å². The monoisotopic (exact) mass is 329 g/mol. The highest BCUT2D eigenvalue weighted by atomic mass is 16.5. The van der Waals surface area contributed by atoms with Crippen molar-refractivity contribution in [2.24, 2.45) is 0 Å². The van der Waals surface area contributed by atoms with Crippen molar-refractivity contribution >= 4 is 23.7 Å². The molecule has 6 nitrogen and oxygen atoms in total. The smallest absolute Gasteiger partial charge is 0.329 e. The minimum atomic E-state index is -0.360. The van der Waals surface area contributed by atoms with Gasteiger partial charge in [-0.25, -0.2) is 4.79 Å². The summed E-state index contributed by atoms with van der Waals surface area (Å²) in [5.41, 5.74) is 2.20. The van der Waals surface area contributed by atoms with Crippen LogP contribution >= 0.6 is 0 Å². The summed E-state index contributed by atoms with van der Waals surface area (Å²) in [5.74, 6) is 0.412. The third-order valence-corrected chi connectivity index (χ3v) is 4.40. The van der Waals surface area contributed by atoms with E-state index in [-0.39, 0.29) is 11.9 Å². The zero-order valence-corrected chi connectivity index (χ0v) is 14.2. The van der Waals surface area contributed by atoms with Gasteiger partial charge in [0.25, 0.3) is 5.91 Å². The van der Waals surface area contributed by atoms with E-state index >= 15 is 0 Å². The standard InChI is InChI=1S/C18H23N3O3/c1-3-8-21-17(22)15(19-18(21)23)11-13-6-7-14(12-16(13)24-2)20-9-4-5-10-20/h6-7,11-12H,3-5,8-10H2,1-2H3,(H,19,23)/b15-11+. The lowest BCUT2D eigenvalue weighted by Crippen LogP contribution is -2.31. The van der Waals surface area contributed by atoms with Crippen LogP contribution in [0.5, 0.6) is 5.75 Å². The van der Waals surface area contributed by atoms with Crippen molar-refractivity contribution in [2.75, 3.05) is 31.6 Å². The van der Waals surface area contributed by atoms with E-state index in [2.05, 4.69) is 10.2 Å². The average molecular weight is 329 g/mol. The van der Waals surface area contributed by atoms with E-state index in [0.29, 0.717) is 18.0 Å².